The quantitative estimate of drug-likeness (QED) is 0.768. The van der Waals surface area contributed by atoms with Crippen LogP contribution in [0.15, 0.2) is 21.7 Å². The van der Waals surface area contributed by atoms with Crippen LogP contribution in [0, 0.1) is 6.92 Å². The molecule has 1 aliphatic heterocycles. The second-order valence-electron chi connectivity index (χ2n) is 3.08. The van der Waals surface area contributed by atoms with Crippen LogP contribution in [0.3, 0.4) is 0 Å². The molecule has 5 nitrogen and oxygen atoms in total. The first-order valence-electron chi connectivity index (χ1n) is 4.19. The molecule has 1 aliphatic rings. The highest BCUT2D eigenvalue weighted by Crippen LogP contribution is 2.18. The lowest BCUT2D eigenvalue weighted by molar-refractivity contribution is -0.148. The molecular formula is C9H9NO4. The van der Waals surface area contributed by atoms with Gasteiger partial charge < -0.3 is 14.4 Å². The summed E-state index contributed by atoms with van der Waals surface area (Å²) < 4.78 is 5.29. The molecule has 0 radical (unpaired) electrons. The number of hydrogen-bond acceptors (Lipinski definition) is 4. The summed E-state index contributed by atoms with van der Waals surface area (Å²) in [6.07, 6.45) is -0.627. The Morgan fingerprint density at radius 2 is 2.43 bits per heavy atom. The maximum atomic E-state index is 10.6. The number of carboxylic acid groups (broad SMARTS) is 1. The number of carbonyl (C=O) groups is 1. The van der Waals surface area contributed by atoms with E-state index < -0.39 is 12.1 Å². The van der Waals surface area contributed by atoms with Crippen LogP contribution in [-0.2, 0) is 9.63 Å². The van der Waals surface area contributed by atoms with E-state index in [0.29, 0.717) is 11.5 Å². The van der Waals surface area contributed by atoms with Gasteiger partial charge in [0.05, 0.1) is 0 Å². The predicted molar refractivity (Wildman–Crippen MR) is 47.1 cm³/mol. The summed E-state index contributed by atoms with van der Waals surface area (Å²) in [5.74, 6) is 0.333. The summed E-state index contributed by atoms with van der Waals surface area (Å²) in [7, 11) is 0. The Morgan fingerprint density at radius 3 is 2.93 bits per heavy atom. The summed E-state index contributed by atoms with van der Waals surface area (Å²) in [5.41, 5.74) is 0.547. The summed E-state index contributed by atoms with van der Waals surface area (Å²) in [6.45, 7) is 1.81. The van der Waals surface area contributed by atoms with E-state index in [-0.39, 0.29) is 6.42 Å². The molecule has 14 heavy (non-hydrogen) atoms. The highest BCUT2D eigenvalue weighted by atomic mass is 16.7. The van der Waals surface area contributed by atoms with Crippen LogP contribution in [0.25, 0.3) is 0 Å². The molecule has 1 N–H and O–H groups in total. The van der Waals surface area contributed by atoms with Crippen LogP contribution in [0.4, 0.5) is 0 Å². The monoisotopic (exact) mass is 195 g/mol. The van der Waals surface area contributed by atoms with Crippen LogP contribution in [-0.4, -0.2) is 22.9 Å². The van der Waals surface area contributed by atoms with Crippen molar-refractivity contribution in [2.45, 2.75) is 19.4 Å². The van der Waals surface area contributed by atoms with Gasteiger partial charge in [-0.2, -0.15) is 0 Å². The maximum Gasteiger partial charge on any atom is 0.348 e. The van der Waals surface area contributed by atoms with Gasteiger partial charge in [0.15, 0.2) is 5.76 Å². The van der Waals surface area contributed by atoms with Gasteiger partial charge in [-0.1, -0.05) is 5.16 Å². The number of carboxylic acids is 1. The molecule has 74 valence electrons. The minimum Gasteiger partial charge on any atom is -0.478 e. The smallest absolute Gasteiger partial charge is 0.348 e. The van der Waals surface area contributed by atoms with Crippen molar-refractivity contribution in [2.24, 2.45) is 5.16 Å². The van der Waals surface area contributed by atoms with Gasteiger partial charge in [0, 0.05) is 6.42 Å². The van der Waals surface area contributed by atoms with Gasteiger partial charge in [-0.3, -0.25) is 0 Å². The van der Waals surface area contributed by atoms with E-state index in [1.165, 1.54) is 0 Å². The van der Waals surface area contributed by atoms with Crippen molar-refractivity contribution in [3.05, 3.63) is 23.7 Å². The fourth-order valence-electron chi connectivity index (χ4n) is 1.24. The Kier molecular flexibility index (Phi) is 1.99. The Labute approximate surface area is 80.0 Å². The molecule has 1 aromatic rings. The lowest BCUT2D eigenvalue weighted by atomic mass is 10.1. The van der Waals surface area contributed by atoms with Gasteiger partial charge in [-0.05, 0) is 19.1 Å². The second kappa shape index (κ2) is 3.17. The van der Waals surface area contributed by atoms with Crippen LogP contribution >= 0.6 is 0 Å². The lowest BCUT2D eigenvalue weighted by Gasteiger charge is -1.98. The molecule has 0 amide bonds. The molecule has 2 rings (SSSR count). The predicted octanol–water partition coefficient (Wildman–Crippen LogP) is 1.17. The topological polar surface area (TPSA) is 72.0 Å². The number of rotatable bonds is 2. The van der Waals surface area contributed by atoms with Gasteiger partial charge in [-0.15, -0.1) is 0 Å². The second-order valence-corrected chi connectivity index (χ2v) is 3.08. The zero-order valence-electron chi connectivity index (χ0n) is 7.56. The number of oxime groups is 1. The van der Waals surface area contributed by atoms with Crippen molar-refractivity contribution in [1.29, 1.82) is 0 Å². The van der Waals surface area contributed by atoms with Gasteiger partial charge in [-0.25, -0.2) is 4.79 Å². The van der Waals surface area contributed by atoms with E-state index in [9.17, 15) is 4.79 Å². The molecule has 5 heteroatoms. The summed E-state index contributed by atoms with van der Waals surface area (Å²) in [6, 6.07) is 3.55. The summed E-state index contributed by atoms with van der Waals surface area (Å²) >= 11 is 0. The summed E-state index contributed by atoms with van der Waals surface area (Å²) in [5, 5.41) is 12.3. The molecule has 0 bridgehead atoms. The third-order valence-corrected chi connectivity index (χ3v) is 1.97. The zero-order valence-corrected chi connectivity index (χ0v) is 7.56. The van der Waals surface area contributed by atoms with Gasteiger partial charge in [0.1, 0.15) is 11.5 Å². The number of aryl methyl sites for hydroxylation is 1. The van der Waals surface area contributed by atoms with E-state index >= 15 is 0 Å². The molecule has 0 aliphatic carbocycles. The molecule has 0 saturated heterocycles. The normalized spacial score (nSPS) is 20.4. The van der Waals surface area contributed by atoms with Crippen molar-refractivity contribution < 1.29 is 19.2 Å². The average Bonchev–Trinajstić information content (AvgIpc) is 2.70. The Morgan fingerprint density at radius 1 is 1.64 bits per heavy atom. The van der Waals surface area contributed by atoms with E-state index in [0.717, 1.165) is 5.76 Å². The van der Waals surface area contributed by atoms with E-state index in [1.807, 2.05) is 6.92 Å². The summed E-state index contributed by atoms with van der Waals surface area (Å²) in [4.78, 5) is 15.3. The van der Waals surface area contributed by atoms with Crippen molar-refractivity contribution in [3.63, 3.8) is 0 Å². The highest BCUT2D eigenvalue weighted by Gasteiger charge is 2.29. The standard InChI is InChI=1S/C9H9NO4/c1-5-2-3-7(13-5)6-4-8(9(11)12)14-10-6/h2-3,8H,4H2,1H3,(H,11,12)/t8-/m1/s1. The van der Waals surface area contributed by atoms with Crippen molar-refractivity contribution in [2.75, 3.05) is 0 Å². The molecule has 0 unspecified atom stereocenters. The average molecular weight is 195 g/mol. The van der Waals surface area contributed by atoms with Crippen molar-refractivity contribution in [3.8, 4) is 0 Å². The Balaban J connectivity index is 2.12. The third kappa shape index (κ3) is 1.48. The molecule has 0 spiro atoms. The Bertz CT molecular complexity index is 393. The maximum absolute atomic E-state index is 10.6. The number of nitrogens with zero attached hydrogens (tertiary/aromatic N) is 1. The molecule has 0 saturated carbocycles. The zero-order chi connectivity index (χ0) is 10.1. The van der Waals surface area contributed by atoms with Gasteiger partial charge >= 0.3 is 5.97 Å². The fourth-order valence-corrected chi connectivity index (χ4v) is 1.24. The minimum absolute atomic E-state index is 0.252. The van der Waals surface area contributed by atoms with Crippen LogP contribution in [0.5, 0.6) is 0 Å². The van der Waals surface area contributed by atoms with Gasteiger partial charge in [0.25, 0.3) is 0 Å². The van der Waals surface area contributed by atoms with E-state index in [1.54, 1.807) is 12.1 Å². The fraction of sp³-hybridized carbons (Fsp3) is 0.333. The molecule has 2 heterocycles. The van der Waals surface area contributed by atoms with E-state index in [2.05, 4.69) is 5.16 Å². The van der Waals surface area contributed by atoms with Crippen LogP contribution in [0.2, 0.25) is 0 Å². The van der Waals surface area contributed by atoms with Crippen molar-refractivity contribution >= 4 is 11.7 Å². The minimum atomic E-state index is -1.01. The first kappa shape index (κ1) is 8.80. The first-order chi connectivity index (χ1) is 6.66. The van der Waals surface area contributed by atoms with Crippen LogP contribution in [0.1, 0.15) is 17.9 Å². The number of aliphatic carboxylic acids is 1. The lowest BCUT2D eigenvalue weighted by Crippen LogP contribution is -2.19. The SMILES string of the molecule is Cc1ccc(C2=NO[C@@H](C(=O)O)C2)o1. The van der Waals surface area contributed by atoms with Crippen molar-refractivity contribution in [1.82, 2.24) is 0 Å². The number of hydrogen-bond donors (Lipinski definition) is 1. The molecule has 1 aromatic heterocycles. The number of furan rings is 1. The van der Waals surface area contributed by atoms with E-state index in [4.69, 9.17) is 14.4 Å². The van der Waals surface area contributed by atoms with Gasteiger partial charge in [0.2, 0.25) is 6.10 Å². The van der Waals surface area contributed by atoms with Crippen LogP contribution < -0.4 is 0 Å². The first-order valence-corrected chi connectivity index (χ1v) is 4.19. The molecular weight excluding hydrogens is 186 g/mol. The third-order valence-electron chi connectivity index (χ3n) is 1.97. The Hall–Kier alpha value is -1.78. The molecule has 0 fully saturated rings. The highest BCUT2D eigenvalue weighted by molar-refractivity contribution is 6.01. The molecule has 0 aromatic carbocycles. The largest absolute Gasteiger partial charge is 0.478 e. The molecule has 1 atom stereocenters.